The van der Waals surface area contributed by atoms with Crippen molar-refractivity contribution in [2.45, 2.75) is 0 Å². The first kappa shape index (κ1) is 23.7. The molecule has 0 atom stereocenters. The number of hydrogen-bond donors (Lipinski definition) is 0. The second kappa shape index (κ2) is 11.1. The summed E-state index contributed by atoms with van der Waals surface area (Å²) in [6.45, 7) is 1.92. The molecule has 1 aromatic heterocycles. The van der Waals surface area contributed by atoms with Gasteiger partial charge in [0, 0.05) is 32.3 Å². The predicted octanol–water partition coefficient (Wildman–Crippen LogP) is 3.46. The number of carbonyl (C=O) groups excluding carboxylic acids is 1. The molecule has 1 aliphatic rings. The fraction of sp³-hybridized carbons (Fsp3) is 0.269. The summed E-state index contributed by atoms with van der Waals surface area (Å²) in [5.41, 5.74) is 1.14. The van der Waals surface area contributed by atoms with Crippen LogP contribution in [0.2, 0.25) is 0 Å². The fourth-order valence-corrected chi connectivity index (χ4v) is 3.73. The third kappa shape index (κ3) is 5.73. The van der Waals surface area contributed by atoms with Gasteiger partial charge in [-0.2, -0.15) is 10.2 Å². The highest BCUT2D eigenvalue weighted by molar-refractivity contribution is 5.78. The zero-order valence-electron chi connectivity index (χ0n) is 19.6. The first-order chi connectivity index (χ1) is 17.1. The van der Waals surface area contributed by atoms with Gasteiger partial charge in [0.05, 0.1) is 14.2 Å². The van der Waals surface area contributed by atoms with Crippen LogP contribution in [0.5, 0.6) is 17.2 Å². The fourth-order valence-electron chi connectivity index (χ4n) is 3.73. The van der Waals surface area contributed by atoms with Gasteiger partial charge in [-0.3, -0.25) is 4.79 Å². The monoisotopic (exact) mass is 474 g/mol. The van der Waals surface area contributed by atoms with Gasteiger partial charge in [-0.15, -0.1) is 0 Å². The summed E-state index contributed by atoms with van der Waals surface area (Å²) >= 11 is 0. The third-order valence-corrected chi connectivity index (χ3v) is 5.58. The second-order valence-corrected chi connectivity index (χ2v) is 7.73. The van der Waals surface area contributed by atoms with E-state index in [-0.39, 0.29) is 18.2 Å². The Hall–Kier alpha value is -4.45. The highest BCUT2D eigenvalue weighted by Crippen LogP contribution is 2.27. The zero-order chi connectivity index (χ0) is 24.6. The maximum atomic E-state index is 12.6. The van der Waals surface area contributed by atoms with Crippen molar-refractivity contribution in [3.05, 3.63) is 65.7 Å². The van der Waals surface area contributed by atoms with E-state index in [2.05, 4.69) is 11.1 Å². The van der Waals surface area contributed by atoms with Crippen LogP contribution in [0.3, 0.4) is 0 Å². The van der Waals surface area contributed by atoms with Crippen molar-refractivity contribution in [3.8, 4) is 23.3 Å². The number of rotatable bonds is 8. The minimum absolute atomic E-state index is 0.0780. The van der Waals surface area contributed by atoms with Gasteiger partial charge in [0.2, 0.25) is 17.5 Å². The molecule has 0 saturated carbocycles. The number of ether oxygens (including phenoxy) is 3. The van der Waals surface area contributed by atoms with Crippen LogP contribution in [0.25, 0.3) is 12.2 Å². The molecule has 0 unspecified atom stereocenters. The average molecular weight is 475 g/mol. The van der Waals surface area contributed by atoms with Gasteiger partial charge in [0.1, 0.15) is 11.8 Å². The normalized spacial score (nSPS) is 13.5. The molecule has 1 fully saturated rings. The summed E-state index contributed by atoms with van der Waals surface area (Å²) < 4.78 is 22.0. The van der Waals surface area contributed by atoms with Crippen LogP contribution >= 0.6 is 0 Å². The number of amides is 1. The van der Waals surface area contributed by atoms with Crippen molar-refractivity contribution in [1.82, 2.24) is 9.88 Å². The topological polar surface area (TPSA) is 101 Å². The maximum Gasteiger partial charge on any atom is 0.260 e. The minimum Gasteiger partial charge on any atom is -0.497 e. The lowest BCUT2D eigenvalue weighted by atomic mass is 10.2. The van der Waals surface area contributed by atoms with E-state index in [0.717, 1.165) is 11.3 Å². The molecule has 0 radical (unpaired) electrons. The predicted molar refractivity (Wildman–Crippen MR) is 130 cm³/mol. The molecule has 2 aromatic carbocycles. The SMILES string of the molecule is COc1cccc(/C=C/c2nc(C#N)c(N3CCN(C(=O)COc4ccccc4OC)CC3)o2)c1. The van der Waals surface area contributed by atoms with E-state index in [9.17, 15) is 10.1 Å². The van der Waals surface area contributed by atoms with Crippen molar-refractivity contribution in [2.24, 2.45) is 0 Å². The molecule has 0 N–H and O–H groups in total. The molecule has 35 heavy (non-hydrogen) atoms. The van der Waals surface area contributed by atoms with E-state index in [0.29, 0.717) is 49.5 Å². The van der Waals surface area contributed by atoms with Crippen LogP contribution in [0.15, 0.2) is 52.9 Å². The van der Waals surface area contributed by atoms with Crippen LogP contribution in [0.1, 0.15) is 17.1 Å². The molecule has 1 amide bonds. The smallest absolute Gasteiger partial charge is 0.260 e. The molecule has 9 nitrogen and oxygen atoms in total. The van der Waals surface area contributed by atoms with E-state index < -0.39 is 0 Å². The molecule has 2 heterocycles. The number of hydrogen-bond acceptors (Lipinski definition) is 8. The summed E-state index contributed by atoms with van der Waals surface area (Å²) in [6, 6.07) is 16.9. The van der Waals surface area contributed by atoms with Crippen LogP contribution in [-0.4, -0.2) is 62.8 Å². The molecule has 1 aliphatic heterocycles. The summed E-state index contributed by atoms with van der Waals surface area (Å²) in [7, 11) is 3.17. The molecule has 4 rings (SSSR count). The summed E-state index contributed by atoms with van der Waals surface area (Å²) in [4.78, 5) is 20.6. The lowest BCUT2D eigenvalue weighted by molar-refractivity contribution is -0.133. The Kier molecular flexibility index (Phi) is 7.53. The van der Waals surface area contributed by atoms with Crippen molar-refractivity contribution in [1.29, 1.82) is 5.26 Å². The number of nitrogens with zero attached hydrogens (tertiary/aromatic N) is 4. The summed E-state index contributed by atoms with van der Waals surface area (Å²) in [6.07, 6.45) is 3.56. The van der Waals surface area contributed by atoms with Crippen LogP contribution in [0.4, 0.5) is 5.88 Å². The standard InChI is InChI=1S/C26H26N4O5/c1-32-20-7-5-6-19(16-20)10-11-24-28-21(17-27)26(35-24)30-14-12-29(13-15-30)25(31)18-34-23-9-4-3-8-22(23)33-2/h3-11,16H,12-15,18H2,1-2H3/b11-10+. The second-order valence-electron chi connectivity index (χ2n) is 7.73. The first-order valence-corrected chi connectivity index (χ1v) is 11.1. The Morgan fingerprint density at radius 1 is 1.06 bits per heavy atom. The van der Waals surface area contributed by atoms with Gasteiger partial charge in [0.25, 0.3) is 5.91 Å². The van der Waals surface area contributed by atoms with Crippen molar-refractivity contribution < 1.29 is 23.4 Å². The molecule has 0 aliphatic carbocycles. The lowest BCUT2D eigenvalue weighted by Gasteiger charge is -2.34. The Labute approximate surface area is 203 Å². The largest absolute Gasteiger partial charge is 0.497 e. The number of anilines is 1. The van der Waals surface area contributed by atoms with Crippen LogP contribution in [-0.2, 0) is 4.79 Å². The number of para-hydroxylation sites is 2. The van der Waals surface area contributed by atoms with Gasteiger partial charge >= 0.3 is 0 Å². The van der Waals surface area contributed by atoms with E-state index in [1.807, 2.05) is 47.4 Å². The quantitative estimate of drug-likeness (QED) is 0.489. The number of methoxy groups -OCH3 is 2. The number of nitriles is 1. The van der Waals surface area contributed by atoms with E-state index >= 15 is 0 Å². The van der Waals surface area contributed by atoms with Crippen molar-refractivity contribution in [2.75, 3.05) is 51.9 Å². The molecular formula is C26H26N4O5. The average Bonchev–Trinajstić information content (AvgIpc) is 3.34. The van der Waals surface area contributed by atoms with E-state index in [1.165, 1.54) is 0 Å². The molecule has 0 spiro atoms. The molecular weight excluding hydrogens is 448 g/mol. The number of oxazole rings is 1. The Bertz CT molecular complexity index is 1240. The lowest BCUT2D eigenvalue weighted by Crippen LogP contribution is -2.50. The molecule has 180 valence electrons. The third-order valence-electron chi connectivity index (χ3n) is 5.58. The number of benzene rings is 2. The summed E-state index contributed by atoms with van der Waals surface area (Å²) in [5.74, 6) is 2.49. The summed E-state index contributed by atoms with van der Waals surface area (Å²) in [5, 5.41) is 9.55. The van der Waals surface area contributed by atoms with Crippen molar-refractivity contribution >= 4 is 23.9 Å². The van der Waals surface area contributed by atoms with E-state index in [1.54, 1.807) is 37.3 Å². The minimum atomic E-state index is -0.115. The Morgan fingerprint density at radius 2 is 1.83 bits per heavy atom. The van der Waals surface area contributed by atoms with Gasteiger partial charge in [0.15, 0.2) is 18.1 Å². The van der Waals surface area contributed by atoms with E-state index in [4.69, 9.17) is 18.6 Å². The number of piperazine rings is 1. The number of carbonyl (C=O) groups is 1. The van der Waals surface area contributed by atoms with Crippen LogP contribution in [0, 0.1) is 11.3 Å². The highest BCUT2D eigenvalue weighted by Gasteiger charge is 2.26. The maximum absolute atomic E-state index is 12.6. The molecule has 0 bridgehead atoms. The highest BCUT2D eigenvalue weighted by atomic mass is 16.5. The van der Waals surface area contributed by atoms with Gasteiger partial charge in [-0.1, -0.05) is 24.3 Å². The first-order valence-electron chi connectivity index (χ1n) is 11.1. The van der Waals surface area contributed by atoms with Crippen LogP contribution < -0.4 is 19.1 Å². The molecule has 9 heteroatoms. The molecule has 1 saturated heterocycles. The number of aromatic nitrogens is 1. The van der Waals surface area contributed by atoms with Gasteiger partial charge in [-0.25, -0.2) is 0 Å². The van der Waals surface area contributed by atoms with Gasteiger partial charge < -0.3 is 28.4 Å². The van der Waals surface area contributed by atoms with Crippen molar-refractivity contribution in [3.63, 3.8) is 0 Å². The zero-order valence-corrected chi connectivity index (χ0v) is 19.6. The Morgan fingerprint density at radius 3 is 2.54 bits per heavy atom. The Balaban J connectivity index is 1.35. The van der Waals surface area contributed by atoms with Gasteiger partial charge in [-0.05, 0) is 35.9 Å². The molecule has 3 aromatic rings.